The van der Waals surface area contributed by atoms with Gasteiger partial charge in [-0.2, -0.15) is 0 Å². The van der Waals surface area contributed by atoms with Crippen molar-refractivity contribution in [1.29, 1.82) is 0 Å². The molecule has 1 aliphatic rings. The minimum absolute atomic E-state index is 0.0702. The lowest BCUT2D eigenvalue weighted by Crippen LogP contribution is -2.39. The predicted octanol–water partition coefficient (Wildman–Crippen LogP) is 6.58. The molecular weight excluding hydrogens is 292 g/mol. The third-order valence-electron chi connectivity index (χ3n) is 5.34. The van der Waals surface area contributed by atoms with E-state index in [0.717, 1.165) is 25.0 Å². The van der Waals surface area contributed by atoms with Crippen molar-refractivity contribution in [2.45, 2.75) is 71.3 Å². The SMILES string of the molecule is CCCC1(CCC)CCc2cc(-c3ccc(CC)cc3)ccc2O1. The van der Waals surface area contributed by atoms with Crippen molar-refractivity contribution in [2.75, 3.05) is 0 Å². The van der Waals surface area contributed by atoms with Crippen molar-refractivity contribution in [3.63, 3.8) is 0 Å². The van der Waals surface area contributed by atoms with Crippen LogP contribution in [0.2, 0.25) is 0 Å². The summed E-state index contributed by atoms with van der Waals surface area (Å²) >= 11 is 0. The van der Waals surface area contributed by atoms with E-state index in [9.17, 15) is 0 Å². The van der Waals surface area contributed by atoms with Crippen LogP contribution < -0.4 is 4.74 Å². The first-order valence-electron chi connectivity index (χ1n) is 9.61. The van der Waals surface area contributed by atoms with Crippen LogP contribution in [0, 0.1) is 0 Å². The summed E-state index contributed by atoms with van der Waals surface area (Å²) in [6.07, 6.45) is 8.10. The van der Waals surface area contributed by atoms with Gasteiger partial charge in [0.15, 0.2) is 0 Å². The Morgan fingerprint density at radius 2 is 1.54 bits per heavy atom. The summed E-state index contributed by atoms with van der Waals surface area (Å²) in [7, 11) is 0. The van der Waals surface area contributed by atoms with Crippen molar-refractivity contribution in [2.24, 2.45) is 0 Å². The van der Waals surface area contributed by atoms with Gasteiger partial charge in [-0.15, -0.1) is 0 Å². The Kier molecular flexibility index (Phi) is 5.28. The zero-order valence-corrected chi connectivity index (χ0v) is 15.4. The van der Waals surface area contributed by atoms with Gasteiger partial charge in [-0.05, 0) is 66.5 Å². The molecule has 0 radical (unpaired) electrons. The number of ether oxygens (including phenoxy) is 1. The van der Waals surface area contributed by atoms with Crippen LogP contribution in [0.1, 0.15) is 64.0 Å². The lowest BCUT2D eigenvalue weighted by Gasteiger charge is -2.39. The molecule has 24 heavy (non-hydrogen) atoms. The van der Waals surface area contributed by atoms with E-state index >= 15 is 0 Å². The van der Waals surface area contributed by atoms with Gasteiger partial charge in [0.25, 0.3) is 0 Å². The summed E-state index contributed by atoms with van der Waals surface area (Å²) in [6.45, 7) is 6.72. The molecule has 2 aromatic rings. The monoisotopic (exact) mass is 322 g/mol. The highest BCUT2D eigenvalue weighted by Crippen LogP contribution is 2.40. The van der Waals surface area contributed by atoms with Gasteiger partial charge in [0.1, 0.15) is 11.4 Å². The number of benzene rings is 2. The molecule has 128 valence electrons. The minimum Gasteiger partial charge on any atom is -0.487 e. The highest BCUT2D eigenvalue weighted by Gasteiger charge is 2.34. The summed E-state index contributed by atoms with van der Waals surface area (Å²) in [5.74, 6) is 1.11. The Labute approximate surface area is 147 Å². The number of hydrogen-bond acceptors (Lipinski definition) is 1. The van der Waals surface area contributed by atoms with E-state index in [4.69, 9.17) is 4.74 Å². The second-order valence-electron chi connectivity index (χ2n) is 7.16. The first-order valence-corrected chi connectivity index (χ1v) is 9.61. The summed E-state index contributed by atoms with van der Waals surface area (Å²) in [4.78, 5) is 0. The molecule has 0 saturated heterocycles. The molecule has 0 fully saturated rings. The van der Waals surface area contributed by atoms with E-state index < -0.39 is 0 Å². The maximum absolute atomic E-state index is 6.53. The van der Waals surface area contributed by atoms with Crippen LogP contribution in [0.4, 0.5) is 0 Å². The second kappa shape index (κ2) is 7.42. The predicted molar refractivity (Wildman–Crippen MR) is 103 cm³/mol. The van der Waals surface area contributed by atoms with Gasteiger partial charge >= 0.3 is 0 Å². The highest BCUT2D eigenvalue weighted by atomic mass is 16.5. The molecule has 0 saturated carbocycles. The van der Waals surface area contributed by atoms with Crippen molar-refractivity contribution < 1.29 is 4.74 Å². The summed E-state index contributed by atoms with van der Waals surface area (Å²) in [5, 5.41) is 0. The maximum Gasteiger partial charge on any atom is 0.123 e. The van der Waals surface area contributed by atoms with Gasteiger partial charge < -0.3 is 4.74 Å². The Morgan fingerprint density at radius 3 is 2.17 bits per heavy atom. The lowest BCUT2D eigenvalue weighted by atomic mass is 9.83. The third kappa shape index (κ3) is 3.50. The number of aryl methyl sites for hydroxylation is 2. The van der Waals surface area contributed by atoms with E-state index in [1.165, 1.54) is 47.9 Å². The van der Waals surface area contributed by atoms with E-state index in [2.05, 4.69) is 63.2 Å². The van der Waals surface area contributed by atoms with Crippen LogP contribution in [0.5, 0.6) is 5.75 Å². The Bertz CT molecular complexity index is 663. The largest absolute Gasteiger partial charge is 0.487 e. The zero-order valence-electron chi connectivity index (χ0n) is 15.4. The molecule has 0 unspecified atom stereocenters. The zero-order chi connectivity index (χ0) is 17.0. The second-order valence-corrected chi connectivity index (χ2v) is 7.16. The lowest BCUT2D eigenvalue weighted by molar-refractivity contribution is 0.0276. The summed E-state index contributed by atoms with van der Waals surface area (Å²) in [5.41, 5.74) is 5.44. The Morgan fingerprint density at radius 1 is 0.875 bits per heavy atom. The van der Waals surface area contributed by atoms with Crippen molar-refractivity contribution in [3.05, 3.63) is 53.6 Å². The van der Waals surface area contributed by atoms with E-state index in [0.29, 0.717) is 0 Å². The van der Waals surface area contributed by atoms with Gasteiger partial charge in [-0.1, -0.05) is 63.9 Å². The highest BCUT2D eigenvalue weighted by molar-refractivity contribution is 5.66. The first-order chi connectivity index (χ1) is 11.7. The molecule has 1 heterocycles. The third-order valence-corrected chi connectivity index (χ3v) is 5.34. The molecule has 0 spiro atoms. The quantitative estimate of drug-likeness (QED) is 0.583. The van der Waals surface area contributed by atoms with Crippen LogP contribution in [-0.2, 0) is 12.8 Å². The first kappa shape index (κ1) is 17.1. The molecule has 0 N–H and O–H groups in total. The summed E-state index contributed by atoms with van der Waals surface area (Å²) < 4.78 is 6.53. The average Bonchev–Trinajstić information content (AvgIpc) is 2.62. The molecule has 2 aromatic carbocycles. The molecule has 1 heteroatoms. The molecule has 0 atom stereocenters. The van der Waals surface area contributed by atoms with Crippen LogP contribution in [0.15, 0.2) is 42.5 Å². The average molecular weight is 322 g/mol. The number of rotatable bonds is 6. The van der Waals surface area contributed by atoms with Gasteiger partial charge in [0, 0.05) is 0 Å². The molecule has 1 nitrogen and oxygen atoms in total. The number of fused-ring (bicyclic) bond motifs is 1. The van der Waals surface area contributed by atoms with Crippen molar-refractivity contribution in [3.8, 4) is 16.9 Å². The van der Waals surface area contributed by atoms with E-state index in [1.54, 1.807) is 0 Å². The fraction of sp³-hybridized carbons (Fsp3) is 0.478. The summed E-state index contributed by atoms with van der Waals surface area (Å²) in [6, 6.07) is 15.7. The smallest absolute Gasteiger partial charge is 0.123 e. The molecule has 0 aliphatic carbocycles. The molecule has 0 amide bonds. The van der Waals surface area contributed by atoms with Gasteiger partial charge in [-0.25, -0.2) is 0 Å². The molecule has 0 bridgehead atoms. The van der Waals surface area contributed by atoms with E-state index in [-0.39, 0.29) is 5.60 Å². The molecule has 0 aromatic heterocycles. The topological polar surface area (TPSA) is 9.23 Å². The van der Waals surface area contributed by atoms with Gasteiger partial charge in [-0.3, -0.25) is 0 Å². The van der Waals surface area contributed by atoms with Crippen LogP contribution >= 0.6 is 0 Å². The van der Waals surface area contributed by atoms with Crippen LogP contribution in [0.3, 0.4) is 0 Å². The van der Waals surface area contributed by atoms with Gasteiger partial charge in [0.2, 0.25) is 0 Å². The van der Waals surface area contributed by atoms with E-state index in [1.807, 2.05) is 0 Å². The minimum atomic E-state index is 0.0702. The fourth-order valence-corrected chi connectivity index (χ4v) is 4.02. The maximum atomic E-state index is 6.53. The fourth-order valence-electron chi connectivity index (χ4n) is 4.02. The van der Waals surface area contributed by atoms with Crippen LogP contribution in [-0.4, -0.2) is 5.60 Å². The molecule has 1 aliphatic heterocycles. The number of hydrogen-bond donors (Lipinski definition) is 0. The van der Waals surface area contributed by atoms with Crippen LogP contribution in [0.25, 0.3) is 11.1 Å². The van der Waals surface area contributed by atoms with Gasteiger partial charge in [0.05, 0.1) is 0 Å². The molecule has 3 rings (SSSR count). The normalized spacial score (nSPS) is 15.6. The Balaban J connectivity index is 1.85. The standard InChI is InChI=1S/C23H30O/c1-4-14-23(15-5-2)16-13-21-17-20(11-12-22(21)24-23)19-9-7-18(6-3)8-10-19/h7-12,17H,4-6,13-16H2,1-3H3. The Hall–Kier alpha value is -1.76. The van der Waals surface area contributed by atoms with Crippen molar-refractivity contribution in [1.82, 2.24) is 0 Å². The van der Waals surface area contributed by atoms with Crippen molar-refractivity contribution >= 4 is 0 Å². The molecular formula is C23H30O.